The molecule has 162 valence electrons. The first kappa shape index (κ1) is 22.1. The van der Waals surface area contributed by atoms with E-state index >= 15 is 0 Å². The van der Waals surface area contributed by atoms with Crippen LogP contribution in [0.15, 0.2) is 42.5 Å². The minimum atomic E-state index is -0.523. The van der Waals surface area contributed by atoms with E-state index in [0.29, 0.717) is 34.4 Å². The topological polar surface area (TPSA) is 57.7 Å². The molecule has 1 saturated heterocycles. The lowest BCUT2D eigenvalue weighted by atomic mass is 9.76. The Bertz CT molecular complexity index is 1060. The number of halogens is 3. The summed E-state index contributed by atoms with van der Waals surface area (Å²) < 4.78 is 0. The van der Waals surface area contributed by atoms with Crippen molar-refractivity contribution in [2.75, 3.05) is 0 Å². The second-order valence-corrected chi connectivity index (χ2v) is 9.43. The average molecular weight is 480 g/mol. The molecule has 3 atom stereocenters. The van der Waals surface area contributed by atoms with E-state index in [9.17, 15) is 14.4 Å². The third-order valence-corrected chi connectivity index (χ3v) is 7.13. The molecule has 1 saturated carbocycles. The predicted octanol–water partition coefficient (Wildman–Crippen LogP) is 5.63. The molecule has 2 aromatic rings. The normalized spacial score (nSPS) is 23.1. The monoisotopic (exact) mass is 478 g/mol. The largest absolute Gasteiger partial charge is 0.274 e. The number of hydrogen-bond donors (Lipinski definition) is 0. The number of carbonyl (C=O) groups excluding carboxylic acids is 3. The molecular weight excluding hydrogens is 459 g/mol. The summed E-state index contributed by atoms with van der Waals surface area (Å²) in [5.41, 5.74) is 0.853. The SMILES string of the molecule is C[C@@H]1CC[C@@H]2C(=O)N(N(Cc3ccc(Cl)c(Cl)c3)C(=O)c3ccccc3Cl)C(=O)[C@H]2C1. The fourth-order valence-corrected chi connectivity index (χ4v) is 4.97. The summed E-state index contributed by atoms with van der Waals surface area (Å²) in [6.07, 6.45) is 2.18. The van der Waals surface area contributed by atoms with Crippen molar-refractivity contribution in [3.8, 4) is 0 Å². The lowest BCUT2D eigenvalue weighted by Crippen LogP contribution is -2.49. The molecular formula is C23H21Cl3N2O3. The van der Waals surface area contributed by atoms with Gasteiger partial charge >= 0.3 is 0 Å². The maximum absolute atomic E-state index is 13.5. The highest BCUT2D eigenvalue weighted by atomic mass is 35.5. The molecule has 1 aliphatic heterocycles. The maximum atomic E-state index is 13.5. The van der Waals surface area contributed by atoms with Crippen molar-refractivity contribution in [2.45, 2.75) is 32.7 Å². The van der Waals surface area contributed by atoms with Gasteiger partial charge in [-0.05, 0) is 55.0 Å². The molecule has 8 heteroatoms. The first-order chi connectivity index (χ1) is 14.8. The standard InChI is InChI=1S/C23H21Cl3N2O3/c1-13-6-8-15-17(10-13)23(31)28(22(15)30)27(12-14-7-9-19(25)20(26)11-14)21(29)16-4-2-3-5-18(16)24/h2-5,7,9,11,13,15,17H,6,8,10,12H2,1H3/t13-,15+,17+/m1/s1. The molecule has 0 bridgehead atoms. The van der Waals surface area contributed by atoms with Gasteiger partial charge in [-0.3, -0.25) is 14.4 Å². The van der Waals surface area contributed by atoms with Gasteiger partial charge in [0.2, 0.25) is 0 Å². The molecule has 31 heavy (non-hydrogen) atoms. The molecule has 4 rings (SSSR count). The summed E-state index contributed by atoms with van der Waals surface area (Å²) in [6.45, 7) is 2.06. The first-order valence-electron chi connectivity index (χ1n) is 10.2. The van der Waals surface area contributed by atoms with Gasteiger partial charge < -0.3 is 0 Å². The minimum Gasteiger partial charge on any atom is -0.272 e. The Kier molecular flexibility index (Phi) is 6.29. The van der Waals surface area contributed by atoms with Crippen LogP contribution in [-0.4, -0.2) is 27.7 Å². The smallest absolute Gasteiger partial charge is 0.272 e. The number of amides is 3. The average Bonchev–Trinajstić information content (AvgIpc) is 2.98. The van der Waals surface area contributed by atoms with Gasteiger partial charge in [0.25, 0.3) is 17.7 Å². The van der Waals surface area contributed by atoms with Gasteiger partial charge in [0.1, 0.15) is 0 Å². The third kappa shape index (κ3) is 4.19. The lowest BCUT2D eigenvalue weighted by Gasteiger charge is -2.31. The predicted molar refractivity (Wildman–Crippen MR) is 120 cm³/mol. The molecule has 2 aromatic carbocycles. The van der Waals surface area contributed by atoms with Crippen LogP contribution in [0.2, 0.25) is 15.1 Å². The van der Waals surface area contributed by atoms with Crippen LogP contribution in [0.25, 0.3) is 0 Å². The van der Waals surface area contributed by atoms with Crippen LogP contribution in [0.4, 0.5) is 0 Å². The molecule has 0 unspecified atom stereocenters. The number of hydrazine groups is 1. The van der Waals surface area contributed by atoms with Crippen LogP contribution in [0.5, 0.6) is 0 Å². The van der Waals surface area contributed by atoms with E-state index in [2.05, 4.69) is 6.92 Å². The molecule has 3 amide bonds. The zero-order valence-electron chi connectivity index (χ0n) is 16.9. The fourth-order valence-electron chi connectivity index (χ4n) is 4.43. The highest BCUT2D eigenvalue weighted by molar-refractivity contribution is 6.42. The number of hydrogen-bond acceptors (Lipinski definition) is 3. The Morgan fingerprint density at radius 3 is 2.39 bits per heavy atom. The Balaban J connectivity index is 1.74. The molecule has 0 aromatic heterocycles. The van der Waals surface area contributed by atoms with Crippen molar-refractivity contribution < 1.29 is 14.4 Å². The second kappa shape index (κ2) is 8.81. The third-order valence-electron chi connectivity index (χ3n) is 6.06. The summed E-state index contributed by atoms with van der Waals surface area (Å²) in [5.74, 6) is -1.61. The second-order valence-electron chi connectivity index (χ2n) is 8.21. The number of imide groups is 1. The maximum Gasteiger partial charge on any atom is 0.274 e. The van der Waals surface area contributed by atoms with E-state index < -0.39 is 11.8 Å². The van der Waals surface area contributed by atoms with Gasteiger partial charge in [0.15, 0.2) is 0 Å². The van der Waals surface area contributed by atoms with Gasteiger partial charge in [-0.25, -0.2) is 5.01 Å². The van der Waals surface area contributed by atoms with Crippen LogP contribution in [0.1, 0.15) is 42.1 Å². The van der Waals surface area contributed by atoms with Gasteiger partial charge in [-0.2, -0.15) is 5.01 Å². The molecule has 2 fully saturated rings. The van der Waals surface area contributed by atoms with Gasteiger partial charge in [-0.15, -0.1) is 0 Å². The van der Waals surface area contributed by atoms with Gasteiger partial charge in [-0.1, -0.05) is 59.9 Å². The number of fused-ring (bicyclic) bond motifs is 1. The molecule has 1 heterocycles. The molecule has 0 N–H and O–H groups in total. The van der Waals surface area contributed by atoms with Crippen molar-refractivity contribution in [2.24, 2.45) is 17.8 Å². The Morgan fingerprint density at radius 2 is 1.68 bits per heavy atom. The Hall–Kier alpha value is -2.08. The summed E-state index contributed by atoms with van der Waals surface area (Å²) in [5, 5.41) is 3.17. The molecule has 1 aliphatic carbocycles. The molecule has 5 nitrogen and oxygen atoms in total. The van der Waals surface area contributed by atoms with E-state index in [1.54, 1.807) is 42.5 Å². The van der Waals surface area contributed by atoms with E-state index in [-0.39, 0.29) is 34.9 Å². The summed E-state index contributed by atoms with van der Waals surface area (Å²) in [6, 6.07) is 11.5. The van der Waals surface area contributed by atoms with Gasteiger partial charge in [0, 0.05) is 0 Å². The van der Waals surface area contributed by atoms with E-state index in [1.807, 2.05) is 0 Å². The van der Waals surface area contributed by atoms with Crippen molar-refractivity contribution in [3.05, 3.63) is 68.7 Å². The molecule has 0 radical (unpaired) electrons. The van der Waals surface area contributed by atoms with Crippen molar-refractivity contribution >= 4 is 52.5 Å². The van der Waals surface area contributed by atoms with E-state index in [1.165, 1.54) is 5.01 Å². The number of benzene rings is 2. The number of carbonyl (C=O) groups is 3. The zero-order chi connectivity index (χ0) is 22.3. The van der Waals surface area contributed by atoms with Crippen LogP contribution < -0.4 is 0 Å². The summed E-state index contributed by atoms with van der Waals surface area (Å²) >= 11 is 18.4. The fraction of sp³-hybridized carbons (Fsp3) is 0.348. The zero-order valence-corrected chi connectivity index (χ0v) is 19.1. The highest BCUT2D eigenvalue weighted by Gasteiger charge is 2.52. The summed E-state index contributed by atoms with van der Waals surface area (Å²) in [7, 11) is 0. The van der Waals surface area contributed by atoms with Crippen LogP contribution >= 0.6 is 34.8 Å². The molecule has 2 aliphatic rings. The highest BCUT2D eigenvalue weighted by Crippen LogP contribution is 2.41. The Labute approximate surface area is 195 Å². The summed E-state index contributed by atoms with van der Waals surface area (Å²) in [4.78, 5) is 40.1. The van der Waals surface area contributed by atoms with Crippen molar-refractivity contribution in [3.63, 3.8) is 0 Å². The first-order valence-corrected chi connectivity index (χ1v) is 11.3. The van der Waals surface area contributed by atoms with E-state index in [4.69, 9.17) is 34.8 Å². The lowest BCUT2D eigenvalue weighted by molar-refractivity contribution is -0.155. The van der Waals surface area contributed by atoms with Crippen molar-refractivity contribution in [1.82, 2.24) is 10.0 Å². The van der Waals surface area contributed by atoms with Crippen LogP contribution in [0, 0.1) is 17.8 Å². The quantitative estimate of drug-likeness (QED) is 0.534. The number of rotatable bonds is 4. The minimum absolute atomic E-state index is 0.0204. The number of nitrogens with zero attached hydrogens (tertiary/aromatic N) is 2. The van der Waals surface area contributed by atoms with Crippen molar-refractivity contribution in [1.29, 1.82) is 0 Å². The van der Waals surface area contributed by atoms with Gasteiger partial charge in [0.05, 0.1) is 39.0 Å². The van der Waals surface area contributed by atoms with Crippen LogP contribution in [-0.2, 0) is 16.1 Å². The molecule has 0 spiro atoms. The Morgan fingerprint density at radius 1 is 0.968 bits per heavy atom. The van der Waals surface area contributed by atoms with E-state index in [0.717, 1.165) is 11.4 Å². The van der Waals surface area contributed by atoms with Crippen LogP contribution in [0.3, 0.4) is 0 Å².